The highest BCUT2D eigenvalue weighted by molar-refractivity contribution is 5.92. The fourth-order valence-electron chi connectivity index (χ4n) is 3.43. The fraction of sp³-hybridized carbons (Fsp3) is 0.333. The van der Waals surface area contributed by atoms with Gasteiger partial charge in [-0.15, -0.1) is 0 Å². The molecule has 2 aromatic rings. The number of carbonyl (C=O) groups excluding carboxylic acids is 2. The molecule has 0 bridgehead atoms. The lowest BCUT2D eigenvalue weighted by atomic mass is 9.90. The lowest BCUT2D eigenvalue weighted by Gasteiger charge is -2.39. The van der Waals surface area contributed by atoms with E-state index in [2.05, 4.69) is 5.32 Å². The monoisotopic (exact) mass is 352 g/mol. The second-order valence-electron chi connectivity index (χ2n) is 6.74. The van der Waals surface area contributed by atoms with Crippen molar-refractivity contribution in [1.29, 1.82) is 0 Å². The number of methoxy groups -OCH3 is 1. The van der Waals surface area contributed by atoms with Gasteiger partial charge >= 0.3 is 0 Å². The molecule has 0 aromatic heterocycles. The Morgan fingerprint density at radius 1 is 1.23 bits per heavy atom. The highest BCUT2D eigenvalue weighted by Gasteiger charge is 2.38. The smallest absolute Gasteiger partial charge is 0.247 e. The van der Waals surface area contributed by atoms with Gasteiger partial charge in [-0.2, -0.15) is 0 Å². The van der Waals surface area contributed by atoms with Crippen molar-refractivity contribution in [3.63, 3.8) is 0 Å². The Morgan fingerprint density at radius 3 is 2.73 bits per heavy atom. The first-order valence-electron chi connectivity index (χ1n) is 8.81. The third-order valence-electron chi connectivity index (χ3n) is 4.66. The van der Waals surface area contributed by atoms with Crippen molar-refractivity contribution in [3.8, 4) is 5.75 Å². The van der Waals surface area contributed by atoms with Crippen LogP contribution in [0.25, 0.3) is 0 Å². The summed E-state index contributed by atoms with van der Waals surface area (Å²) in [5.41, 5.74) is 2.78. The summed E-state index contributed by atoms with van der Waals surface area (Å²) in [7, 11) is 1.61. The molecule has 0 aliphatic carbocycles. The third kappa shape index (κ3) is 3.57. The van der Waals surface area contributed by atoms with Crippen LogP contribution in [0.1, 0.15) is 36.6 Å². The maximum Gasteiger partial charge on any atom is 0.247 e. The molecule has 26 heavy (non-hydrogen) atoms. The topological polar surface area (TPSA) is 58.6 Å². The van der Waals surface area contributed by atoms with Crippen LogP contribution in [0.3, 0.4) is 0 Å². The molecule has 2 aromatic carbocycles. The Bertz CT molecular complexity index is 816. The minimum Gasteiger partial charge on any atom is -0.497 e. The standard InChI is InChI=1S/C21H24N2O3/c1-14(2)23-19(24)12-16-8-4-5-10-18(16)20(23)21(25)22-13-15-7-6-9-17(11-15)26-3/h4-11,14,20H,12-13H2,1-3H3,(H,22,25)/t20-/m0/s1. The summed E-state index contributed by atoms with van der Waals surface area (Å²) in [6.45, 7) is 4.26. The summed E-state index contributed by atoms with van der Waals surface area (Å²) in [4.78, 5) is 27.3. The first-order chi connectivity index (χ1) is 12.5. The van der Waals surface area contributed by atoms with Crippen molar-refractivity contribution < 1.29 is 14.3 Å². The van der Waals surface area contributed by atoms with Crippen molar-refractivity contribution in [1.82, 2.24) is 10.2 Å². The third-order valence-corrected chi connectivity index (χ3v) is 4.66. The Morgan fingerprint density at radius 2 is 2.00 bits per heavy atom. The van der Waals surface area contributed by atoms with Crippen LogP contribution in [0, 0.1) is 0 Å². The zero-order valence-electron chi connectivity index (χ0n) is 15.4. The molecule has 136 valence electrons. The minimum atomic E-state index is -0.599. The number of hydrogen-bond acceptors (Lipinski definition) is 3. The molecule has 0 radical (unpaired) electrons. The van der Waals surface area contributed by atoms with Gasteiger partial charge in [0.1, 0.15) is 11.8 Å². The quantitative estimate of drug-likeness (QED) is 0.900. The van der Waals surface area contributed by atoms with Gasteiger partial charge in [0.25, 0.3) is 0 Å². The van der Waals surface area contributed by atoms with E-state index in [1.54, 1.807) is 12.0 Å². The SMILES string of the molecule is COc1cccc(CNC(=O)[C@@H]2c3ccccc3CC(=O)N2C(C)C)c1. The largest absolute Gasteiger partial charge is 0.497 e. The second kappa shape index (κ2) is 7.60. The van der Waals surface area contributed by atoms with E-state index in [1.165, 1.54) is 0 Å². The Balaban J connectivity index is 1.84. The summed E-state index contributed by atoms with van der Waals surface area (Å²) < 4.78 is 5.22. The molecule has 1 heterocycles. The first-order valence-corrected chi connectivity index (χ1v) is 8.81. The number of rotatable bonds is 5. The highest BCUT2D eigenvalue weighted by atomic mass is 16.5. The lowest BCUT2D eigenvalue weighted by Crippen LogP contribution is -2.50. The molecule has 3 rings (SSSR count). The lowest BCUT2D eigenvalue weighted by molar-refractivity contribution is -0.143. The van der Waals surface area contributed by atoms with Gasteiger partial charge in [-0.25, -0.2) is 0 Å². The Kier molecular flexibility index (Phi) is 5.26. The molecule has 5 heteroatoms. The molecular formula is C21H24N2O3. The highest BCUT2D eigenvalue weighted by Crippen LogP contribution is 2.32. The van der Waals surface area contributed by atoms with Crippen LogP contribution in [0.15, 0.2) is 48.5 Å². The number of benzene rings is 2. The van der Waals surface area contributed by atoms with Gasteiger partial charge in [-0.3, -0.25) is 9.59 Å². The van der Waals surface area contributed by atoms with E-state index in [9.17, 15) is 9.59 Å². The molecule has 1 aliphatic heterocycles. The van der Waals surface area contributed by atoms with E-state index < -0.39 is 6.04 Å². The van der Waals surface area contributed by atoms with E-state index >= 15 is 0 Å². The number of nitrogens with zero attached hydrogens (tertiary/aromatic N) is 1. The zero-order chi connectivity index (χ0) is 18.7. The van der Waals surface area contributed by atoms with Crippen molar-refractivity contribution in [3.05, 3.63) is 65.2 Å². The van der Waals surface area contributed by atoms with E-state index in [0.29, 0.717) is 13.0 Å². The number of fused-ring (bicyclic) bond motifs is 1. The summed E-state index contributed by atoms with van der Waals surface area (Å²) in [5, 5.41) is 2.98. The minimum absolute atomic E-state index is 0.0137. The average molecular weight is 352 g/mol. The molecule has 1 aliphatic rings. The Labute approximate surface area is 154 Å². The summed E-state index contributed by atoms with van der Waals surface area (Å²) in [6, 6.07) is 14.6. The van der Waals surface area contributed by atoms with Crippen LogP contribution in [-0.2, 0) is 22.6 Å². The predicted molar refractivity (Wildman–Crippen MR) is 99.7 cm³/mol. The summed E-state index contributed by atoms with van der Waals surface area (Å²) in [5.74, 6) is 0.570. The van der Waals surface area contributed by atoms with Crippen LogP contribution in [0.4, 0.5) is 0 Å². The van der Waals surface area contributed by atoms with Crippen molar-refractivity contribution in [2.75, 3.05) is 7.11 Å². The number of amides is 2. The molecule has 0 unspecified atom stereocenters. The normalized spacial score (nSPS) is 16.4. The van der Waals surface area contributed by atoms with Crippen molar-refractivity contribution in [2.45, 2.75) is 38.9 Å². The van der Waals surface area contributed by atoms with Gasteiger partial charge in [0.05, 0.1) is 13.5 Å². The molecule has 0 saturated carbocycles. The zero-order valence-corrected chi connectivity index (χ0v) is 15.4. The summed E-state index contributed by atoms with van der Waals surface area (Å²) >= 11 is 0. The average Bonchev–Trinajstić information content (AvgIpc) is 2.64. The van der Waals surface area contributed by atoms with Gasteiger partial charge in [0.15, 0.2) is 0 Å². The molecule has 0 spiro atoms. The van der Waals surface area contributed by atoms with Crippen LogP contribution in [0.5, 0.6) is 5.75 Å². The van der Waals surface area contributed by atoms with Crippen molar-refractivity contribution >= 4 is 11.8 Å². The van der Waals surface area contributed by atoms with Gasteiger partial charge in [-0.1, -0.05) is 36.4 Å². The number of ether oxygens (including phenoxy) is 1. The second-order valence-corrected chi connectivity index (χ2v) is 6.74. The number of nitrogens with one attached hydrogen (secondary N) is 1. The predicted octanol–water partition coefficient (Wildman–Crippen LogP) is 2.85. The van der Waals surface area contributed by atoms with E-state index in [-0.39, 0.29) is 17.9 Å². The molecular weight excluding hydrogens is 328 g/mol. The Hall–Kier alpha value is -2.82. The molecule has 2 amide bonds. The number of hydrogen-bond donors (Lipinski definition) is 1. The van der Waals surface area contributed by atoms with E-state index in [0.717, 1.165) is 22.4 Å². The van der Waals surface area contributed by atoms with Gasteiger partial charge < -0.3 is 15.0 Å². The van der Waals surface area contributed by atoms with Crippen LogP contribution < -0.4 is 10.1 Å². The maximum absolute atomic E-state index is 13.0. The molecule has 5 nitrogen and oxygen atoms in total. The summed E-state index contributed by atoms with van der Waals surface area (Å²) in [6.07, 6.45) is 0.341. The van der Waals surface area contributed by atoms with E-state index in [1.807, 2.05) is 62.4 Å². The molecule has 0 saturated heterocycles. The van der Waals surface area contributed by atoms with Crippen LogP contribution in [0.2, 0.25) is 0 Å². The molecule has 1 atom stereocenters. The van der Waals surface area contributed by atoms with Crippen LogP contribution in [-0.4, -0.2) is 29.9 Å². The van der Waals surface area contributed by atoms with Crippen molar-refractivity contribution in [2.24, 2.45) is 0 Å². The van der Waals surface area contributed by atoms with Crippen LogP contribution >= 0.6 is 0 Å². The number of carbonyl (C=O) groups is 2. The molecule has 0 fully saturated rings. The van der Waals surface area contributed by atoms with Gasteiger partial charge in [-0.05, 0) is 42.7 Å². The maximum atomic E-state index is 13.0. The first kappa shape index (κ1) is 18.0. The van der Waals surface area contributed by atoms with Gasteiger partial charge in [0.2, 0.25) is 11.8 Å². The van der Waals surface area contributed by atoms with E-state index in [4.69, 9.17) is 4.74 Å². The fourth-order valence-corrected chi connectivity index (χ4v) is 3.43. The van der Waals surface area contributed by atoms with Gasteiger partial charge in [0, 0.05) is 12.6 Å². The molecule has 1 N–H and O–H groups in total.